The molecule has 0 unspecified atom stereocenters. The third kappa shape index (κ3) is 4.46. The Labute approximate surface area is 125 Å². The Morgan fingerprint density at radius 2 is 2.24 bits per heavy atom. The lowest BCUT2D eigenvalue weighted by molar-refractivity contribution is 0.308. The molecule has 0 aliphatic carbocycles. The van der Waals surface area contributed by atoms with Crippen molar-refractivity contribution in [2.24, 2.45) is 0 Å². The maximum Gasteiger partial charge on any atom is 0.165 e. The average Bonchev–Trinajstić information content (AvgIpc) is 3.01. The molecule has 114 valence electrons. The van der Waals surface area contributed by atoms with Crippen LogP contribution in [0.3, 0.4) is 0 Å². The van der Waals surface area contributed by atoms with E-state index >= 15 is 0 Å². The normalized spacial score (nSPS) is 10.6. The van der Waals surface area contributed by atoms with Gasteiger partial charge in [0.1, 0.15) is 0 Å². The van der Waals surface area contributed by atoms with Gasteiger partial charge in [0.15, 0.2) is 11.5 Å². The van der Waals surface area contributed by atoms with Crippen LogP contribution in [0.2, 0.25) is 0 Å². The van der Waals surface area contributed by atoms with Crippen LogP contribution in [0.1, 0.15) is 18.9 Å². The second-order valence-corrected chi connectivity index (χ2v) is 4.58. The Morgan fingerprint density at radius 3 is 2.95 bits per heavy atom. The van der Waals surface area contributed by atoms with E-state index in [-0.39, 0.29) is 0 Å². The predicted octanol–water partition coefficient (Wildman–Crippen LogP) is 1.87. The van der Waals surface area contributed by atoms with E-state index in [0.717, 1.165) is 43.1 Å². The van der Waals surface area contributed by atoms with Crippen molar-refractivity contribution in [3.8, 4) is 11.5 Å². The first-order valence-electron chi connectivity index (χ1n) is 7.18. The van der Waals surface area contributed by atoms with Crippen LogP contribution in [0.4, 0.5) is 0 Å². The van der Waals surface area contributed by atoms with E-state index in [0.29, 0.717) is 6.61 Å². The SMILES string of the molecule is CCOc1cccc(CNCCCn2ccnn2)c1OC. The quantitative estimate of drug-likeness (QED) is 0.714. The van der Waals surface area contributed by atoms with Crippen LogP contribution in [-0.4, -0.2) is 35.3 Å². The highest BCUT2D eigenvalue weighted by Crippen LogP contribution is 2.30. The summed E-state index contributed by atoms with van der Waals surface area (Å²) in [6.07, 6.45) is 4.56. The number of nitrogens with one attached hydrogen (secondary N) is 1. The molecular weight excluding hydrogens is 268 g/mol. The van der Waals surface area contributed by atoms with E-state index in [2.05, 4.69) is 15.6 Å². The number of hydrogen-bond acceptors (Lipinski definition) is 5. The number of benzene rings is 1. The summed E-state index contributed by atoms with van der Waals surface area (Å²) in [6, 6.07) is 5.96. The van der Waals surface area contributed by atoms with Crippen LogP contribution in [0.25, 0.3) is 0 Å². The van der Waals surface area contributed by atoms with Gasteiger partial charge in [-0.2, -0.15) is 0 Å². The molecule has 0 spiro atoms. The summed E-state index contributed by atoms with van der Waals surface area (Å²) in [5, 5.41) is 11.1. The van der Waals surface area contributed by atoms with Crippen LogP contribution in [0.5, 0.6) is 11.5 Å². The number of aromatic nitrogens is 3. The van der Waals surface area contributed by atoms with Crippen LogP contribution >= 0.6 is 0 Å². The van der Waals surface area contributed by atoms with Crippen molar-refractivity contribution in [2.75, 3.05) is 20.3 Å². The molecule has 2 rings (SSSR count). The third-order valence-electron chi connectivity index (χ3n) is 3.09. The standard InChI is InChI=1S/C15H22N4O2/c1-3-21-14-7-4-6-13(15(14)20-2)12-16-8-5-10-19-11-9-17-18-19/h4,6-7,9,11,16H,3,5,8,10,12H2,1-2H3. The number of para-hydroxylation sites is 1. The van der Waals surface area contributed by atoms with Gasteiger partial charge in [-0.1, -0.05) is 17.3 Å². The molecule has 2 aromatic rings. The van der Waals surface area contributed by atoms with Gasteiger partial charge < -0.3 is 14.8 Å². The minimum absolute atomic E-state index is 0.630. The molecule has 0 saturated heterocycles. The second kappa shape index (κ2) is 8.26. The molecule has 6 heteroatoms. The lowest BCUT2D eigenvalue weighted by Gasteiger charge is -2.14. The first-order chi connectivity index (χ1) is 10.3. The molecular formula is C15H22N4O2. The van der Waals surface area contributed by atoms with Crippen molar-refractivity contribution in [1.82, 2.24) is 20.3 Å². The molecule has 0 aliphatic rings. The number of ether oxygens (including phenoxy) is 2. The van der Waals surface area contributed by atoms with E-state index < -0.39 is 0 Å². The molecule has 0 bridgehead atoms. The number of aryl methyl sites for hydroxylation is 1. The highest BCUT2D eigenvalue weighted by atomic mass is 16.5. The fourth-order valence-corrected chi connectivity index (χ4v) is 2.14. The van der Waals surface area contributed by atoms with Crippen molar-refractivity contribution in [1.29, 1.82) is 0 Å². The summed E-state index contributed by atoms with van der Waals surface area (Å²) >= 11 is 0. The van der Waals surface area contributed by atoms with Crippen LogP contribution in [0, 0.1) is 0 Å². The van der Waals surface area contributed by atoms with E-state index in [4.69, 9.17) is 9.47 Å². The smallest absolute Gasteiger partial charge is 0.165 e. The minimum atomic E-state index is 0.630. The zero-order chi connectivity index (χ0) is 14.9. The Hall–Kier alpha value is -2.08. The molecule has 1 N–H and O–H groups in total. The van der Waals surface area contributed by atoms with Gasteiger partial charge in [-0.25, -0.2) is 0 Å². The van der Waals surface area contributed by atoms with E-state index in [1.807, 2.05) is 36.0 Å². The largest absolute Gasteiger partial charge is 0.493 e. The maximum atomic E-state index is 5.57. The average molecular weight is 290 g/mol. The third-order valence-corrected chi connectivity index (χ3v) is 3.09. The van der Waals surface area contributed by atoms with Gasteiger partial charge in [0.2, 0.25) is 0 Å². The molecule has 0 atom stereocenters. The summed E-state index contributed by atoms with van der Waals surface area (Å²) in [6.45, 7) is 5.12. The van der Waals surface area contributed by atoms with Gasteiger partial charge in [-0.05, 0) is 26.0 Å². The highest BCUT2D eigenvalue weighted by Gasteiger charge is 2.09. The predicted molar refractivity (Wildman–Crippen MR) is 80.5 cm³/mol. The van der Waals surface area contributed by atoms with Gasteiger partial charge >= 0.3 is 0 Å². The monoisotopic (exact) mass is 290 g/mol. The lowest BCUT2D eigenvalue weighted by Crippen LogP contribution is -2.17. The van der Waals surface area contributed by atoms with Crippen molar-refractivity contribution >= 4 is 0 Å². The molecule has 0 radical (unpaired) electrons. The van der Waals surface area contributed by atoms with E-state index in [1.165, 1.54) is 0 Å². The molecule has 1 aromatic heterocycles. The Balaban J connectivity index is 1.80. The highest BCUT2D eigenvalue weighted by molar-refractivity contribution is 5.46. The summed E-state index contributed by atoms with van der Waals surface area (Å²) in [4.78, 5) is 0. The summed E-state index contributed by atoms with van der Waals surface area (Å²) < 4.78 is 12.9. The zero-order valence-electron chi connectivity index (χ0n) is 12.6. The van der Waals surface area contributed by atoms with Crippen molar-refractivity contribution in [3.05, 3.63) is 36.2 Å². The first kappa shape index (κ1) is 15.3. The van der Waals surface area contributed by atoms with Gasteiger partial charge in [-0.15, -0.1) is 5.10 Å². The number of methoxy groups -OCH3 is 1. The van der Waals surface area contributed by atoms with Gasteiger partial charge in [-0.3, -0.25) is 4.68 Å². The minimum Gasteiger partial charge on any atom is -0.493 e. The maximum absolute atomic E-state index is 5.57. The van der Waals surface area contributed by atoms with Crippen molar-refractivity contribution in [3.63, 3.8) is 0 Å². The van der Waals surface area contributed by atoms with E-state index in [9.17, 15) is 0 Å². The van der Waals surface area contributed by atoms with Gasteiger partial charge in [0, 0.05) is 24.8 Å². The topological polar surface area (TPSA) is 61.2 Å². The molecule has 0 aliphatic heterocycles. The fourth-order valence-electron chi connectivity index (χ4n) is 2.14. The number of nitrogens with zero attached hydrogens (tertiary/aromatic N) is 3. The molecule has 21 heavy (non-hydrogen) atoms. The summed E-state index contributed by atoms with van der Waals surface area (Å²) in [7, 11) is 1.67. The molecule has 1 heterocycles. The van der Waals surface area contributed by atoms with Gasteiger partial charge in [0.25, 0.3) is 0 Å². The summed E-state index contributed by atoms with van der Waals surface area (Å²) in [5.41, 5.74) is 1.10. The number of hydrogen-bond donors (Lipinski definition) is 1. The molecule has 6 nitrogen and oxygen atoms in total. The first-order valence-corrected chi connectivity index (χ1v) is 7.18. The van der Waals surface area contributed by atoms with Crippen molar-refractivity contribution in [2.45, 2.75) is 26.4 Å². The Bertz CT molecular complexity index is 528. The Morgan fingerprint density at radius 1 is 1.33 bits per heavy atom. The molecule has 1 aromatic carbocycles. The van der Waals surface area contributed by atoms with E-state index in [1.54, 1.807) is 13.3 Å². The second-order valence-electron chi connectivity index (χ2n) is 4.58. The molecule has 0 fully saturated rings. The Kier molecular flexibility index (Phi) is 6.02. The van der Waals surface area contributed by atoms with Crippen LogP contribution < -0.4 is 14.8 Å². The fraction of sp³-hybridized carbons (Fsp3) is 0.467. The van der Waals surface area contributed by atoms with Crippen LogP contribution in [-0.2, 0) is 13.1 Å². The molecule has 0 amide bonds. The lowest BCUT2D eigenvalue weighted by atomic mass is 10.2. The van der Waals surface area contributed by atoms with Gasteiger partial charge in [0.05, 0.1) is 19.9 Å². The molecule has 0 saturated carbocycles. The summed E-state index contributed by atoms with van der Waals surface area (Å²) in [5.74, 6) is 1.60. The van der Waals surface area contributed by atoms with Crippen LogP contribution in [0.15, 0.2) is 30.6 Å². The number of rotatable bonds is 9. The van der Waals surface area contributed by atoms with Crippen molar-refractivity contribution < 1.29 is 9.47 Å². The zero-order valence-corrected chi connectivity index (χ0v) is 12.6.